The van der Waals surface area contributed by atoms with Gasteiger partial charge in [-0.05, 0) is 85.5 Å². The van der Waals surface area contributed by atoms with Crippen molar-refractivity contribution in [2.75, 3.05) is 5.32 Å². The van der Waals surface area contributed by atoms with Crippen LogP contribution < -0.4 is 5.32 Å². The van der Waals surface area contributed by atoms with E-state index in [1.165, 1.54) is 48.1 Å². The van der Waals surface area contributed by atoms with E-state index in [0.717, 1.165) is 6.42 Å². The Kier molecular flexibility index (Phi) is 7.13. The Balaban J connectivity index is 1.70. The summed E-state index contributed by atoms with van der Waals surface area (Å²) in [5, 5.41) is 4.11. The van der Waals surface area contributed by atoms with E-state index < -0.39 is 0 Å². The van der Waals surface area contributed by atoms with Crippen LogP contribution in [-0.2, 0) is 0 Å². The molecule has 1 nitrogen and oxygen atoms in total. The van der Waals surface area contributed by atoms with Gasteiger partial charge in [-0.2, -0.15) is 0 Å². The Morgan fingerprint density at radius 1 is 0.941 bits per heavy atom. The summed E-state index contributed by atoms with van der Waals surface area (Å²) in [5.74, 6) is 1.53. The average molecular weight is 456 g/mol. The van der Waals surface area contributed by atoms with Crippen LogP contribution in [0.1, 0.15) is 115 Å². The summed E-state index contributed by atoms with van der Waals surface area (Å²) in [4.78, 5) is 0. The number of allylic oxidation sites excluding steroid dienone is 4. The first-order valence-corrected chi connectivity index (χ1v) is 13.5. The van der Waals surface area contributed by atoms with E-state index in [1.54, 1.807) is 11.1 Å². The molecule has 1 heteroatoms. The number of benzene rings is 2. The monoisotopic (exact) mass is 455 g/mol. The van der Waals surface area contributed by atoms with E-state index in [4.69, 9.17) is 0 Å². The summed E-state index contributed by atoms with van der Waals surface area (Å²) in [7, 11) is 0. The molecule has 0 radical (unpaired) electrons. The van der Waals surface area contributed by atoms with Crippen molar-refractivity contribution >= 4 is 5.69 Å². The molecule has 2 aliphatic rings. The quantitative estimate of drug-likeness (QED) is 0.417. The van der Waals surface area contributed by atoms with Crippen LogP contribution >= 0.6 is 0 Å². The highest BCUT2D eigenvalue weighted by Gasteiger charge is 2.47. The number of anilines is 1. The van der Waals surface area contributed by atoms with Gasteiger partial charge in [0.15, 0.2) is 0 Å². The van der Waals surface area contributed by atoms with E-state index in [2.05, 4.69) is 114 Å². The number of nitrogens with one attached hydrogen (secondary N) is 1. The van der Waals surface area contributed by atoms with Crippen molar-refractivity contribution in [1.29, 1.82) is 0 Å². The topological polar surface area (TPSA) is 12.0 Å². The summed E-state index contributed by atoms with van der Waals surface area (Å²) in [6.45, 7) is 16.6. The van der Waals surface area contributed by atoms with Crippen LogP contribution in [0.5, 0.6) is 0 Å². The molecule has 4 rings (SSSR count). The van der Waals surface area contributed by atoms with Gasteiger partial charge in [0.2, 0.25) is 0 Å². The van der Waals surface area contributed by atoms with Gasteiger partial charge in [0.05, 0.1) is 0 Å². The van der Waals surface area contributed by atoms with Crippen molar-refractivity contribution in [3.8, 4) is 0 Å². The molecule has 0 fully saturated rings. The fourth-order valence-electron chi connectivity index (χ4n) is 6.77. The van der Waals surface area contributed by atoms with E-state index in [0.29, 0.717) is 17.8 Å². The molecule has 2 atom stereocenters. The number of rotatable bonds is 8. The third kappa shape index (κ3) is 4.77. The molecular weight excluding hydrogens is 410 g/mol. The van der Waals surface area contributed by atoms with Gasteiger partial charge in [0.25, 0.3) is 0 Å². The van der Waals surface area contributed by atoms with Crippen molar-refractivity contribution < 1.29 is 0 Å². The Labute approximate surface area is 208 Å². The SMILES string of the molecule is CCC1(CC(C)(C)Nc2c(C(C)C)cccc2C(C)C)CC(c2ccccc2)C2=C1CCC=C2. The Bertz CT molecular complexity index is 1030. The second-order valence-electron chi connectivity index (χ2n) is 12.0. The Morgan fingerprint density at radius 3 is 2.18 bits per heavy atom. The molecule has 34 heavy (non-hydrogen) atoms. The molecule has 1 N–H and O–H groups in total. The Hall–Kier alpha value is -2.28. The molecule has 0 amide bonds. The highest BCUT2D eigenvalue weighted by molar-refractivity contribution is 5.61. The zero-order valence-electron chi connectivity index (χ0n) is 22.5. The van der Waals surface area contributed by atoms with Crippen LogP contribution in [0.4, 0.5) is 5.69 Å². The molecule has 0 aromatic heterocycles. The molecule has 0 spiro atoms. The molecule has 0 heterocycles. The maximum Gasteiger partial charge on any atom is 0.0414 e. The van der Waals surface area contributed by atoms with Crippen molar-refractivity contribution in [3.63, 3.8) is 0 Å². The minimum Gasteiger partial charge on any atom is -0.380 e. The average Bonchev–Trinajstić information content (AvgIpc) is 3.13. The first kappa shape index (κ1) is 24.8. The smallest absolute Gasteiger partial charge is 0.0414 e. The van der Waals surface area contributed by atoms with Gasteiger partial charge in [0, 0.05) is 17.1 Å². The van der Waals surface area contributed by atoms with Crippen molar-refractivity contribution in [3.05, 3.63) is 88.5 Å². The first-order chi connectivity index (χ1) is 16.2. The lowest BCUT2D eigenvalue weighted by atomic mass is 9.68. The van der Waals surface area contributed by atoms with Crippen molar-refractivity contribution in [2.24, 2.45) is 5.41 Å². The van der Waals surface area contributed by atoms with Gasteiger partial charge in [-0.3, -0.25) is 0 Å². The van der Waals surface area contributed by atoms with Crippen molar-refractivity contribution in [2.45, 2.75) is 104 Å². The zero-order valence-corrected chi connectivity index (χ0v) is 22.5. The highest BCUT2D eigenvalue weighted by Crippen LogP contribution is 2.59. The van der Waals surface area contributed by atoms with Crippen LogP contribution in [0.3, 0.4) is 0 Å². The normalized spacial score (nSPS) is 22.6. The summed E-state index contributed by atoms with van der Waals surface area (Å²) >= 11 is 0. The second-order valence-corrected chi connectivity index (χ2v) is 12.0. The minimum absolute atomic E-state index is 0.00447. The lowest BCUT2D eigenvalue weighted by molar-refractivity contribution is 0.243. The van der Waals surface area contributed by atoms with Crippen molar-refractivity contribution in [1.82, 2.24) is 0 Å². The molecule has 2 aliphatic carbocycles. The molecule has 182 valence electrons. The zero-order chi connectivity index (χ0) is 24.5. The molecule has 0 aliphatic heterocycles. The molecule has 0 saturated carbocycles. The largest absolute Gasteiger partial charge is 0.380 e. The summed E-state index contributed by atoms with van der Waals surface area (Å²) in [6, 6.07) is 18.1. The molecular formula is C33H45N. The number of hydrogen-bond donors (Lipinski definition) is 1. The lowest BCUT2D eigenvalue weighted by Gasteiger charge is -2.42. The maximum absolute atomic E-state index is 4.11. The Morgan fingerprint density at radius 2 is 1.59 bits per heavy atom. The van der Waals surface area contributed by atoms with Gasteiger partial charge < -0.3 is 5.32 Å². The number of para-hydroxylation sites is 1. The third-order valence-electron chi connectivity index (χ3n) is 8.31. The van der Waals surface area contributed by atoms with Crippen LogP contribution in [0.15, 0.2) is 71.8 Å². The first-order valence-electron chi connectivity index (χ1n) is 13.5. The maximum atomic E-state index is 4.11. The summed E-state index contributed by atoms with van der Waals surface area (Å²) < 4.78 is 0. The molecule has 2 aromatic carbocycles. The van der Waals surface area contributed by atoms with Gasteiger partial charge >= 0.3 is 0 Å². The molecule has 2 aromatic rings. The van der Waals surface area contributed by atoms with Crippen LogP contribution in [0.25, 0.3) is 0 Å². The highest BCUT2D eigenvalue weighted by atomic mass is 15.0. The van der Waals surface area contributed by atoms with E-state index in [-0.39, 0.29) is 11.0 Å². The third-order valence-corrected chi connectivity index (χ3v) is 8.31. The van der Waals surface area contributed by atoms with Crippen LogP contribution in [0.2, 0.25) is 0 Å². The van der Waals surface area contributed by atoms with Gasteiger partial charge in [-0.25, -0.2) is 0 Å². The van der Waals surface area contributed by atoms with Crippen LogP contribution in [-0.4, -0.2) is 5.54 Å². The minimum atomic E-state index is -0.00447. The van der Waals surface area contributed by atoms with E-state index in [9.17, 15) is 0 Å². The van der Waals surface area contributed by atoms with E-state index >= 15 is 0 Å². The predicted octanol–water partition coefficient (Wildman–Crippen LogP) is 9.74. The van der Waals surface area contributed by atoms with Crippen LogP contribution in [0, 0.1) is 5.41 Å². The molecule has 2 unspecified atom stereocenters. The van der Waals surface area contributed by atoms with Gasteiger partial charge in [-0.15, -0.1) is 0 Å². The lowest BCUT2D eigenvalue weighted by Crippen LogP contribution is -2.39. The van der Waals surface area contributed by atoms with Gasteiger partial charge in [-0.1, -0.05) is 101 Å². The number of hydrogen-bond acceptors (Lipinski definition) is 1. The molecule has 0 saturated heterocycles. The van der Waals surface area contributed by atoms with Gasteiger partial charge in [0.1, 0.15) is 0 Å². The fourth-order valence-corrected chi connectivity index (χ4v) is 6.77. The standard InChI is InChI=1S/C33H45N/c1-8-33(21-29(25-15-10-9-11-16-25)28-17-12-13-20-30(28)33)22-32(6,7)34-31-26(23(2)3)18-14-19-27(31)24(4)5/h9-12,14-19,23-24,29,34H,8,13,20-22H2,1-7H3. The molecule has 0 bridgehead atoms. The summed E-state index contributed by atoms with van der Waals surface area (Å²) in [5.41, 5.74) is 9.34. The summed E-state index contributed by atoms with van der Waals surface area (Å²) in [6.07, 6.45) is 10.9. The van der Waals surface area contributed by atoms with E-state index in [1.807, 2.05) is 0 Å². The predicted molar refractivity (Wildman–Crippen MR) is 149 cm³/mol. The second kappa shape index (κ2) is 9.76. The fraction of sp³-hybridized carbons (Fsp3) is 0.515.